The summed E-state index contributed by atoms with van der Waals surface area (Å²) in [7, 11) is 4.44. The van der Waals surface area contributed by atoms with E-state index in [-0.39, 0.29) is 18.0 Å². The fourth-order valence-electron chi connectivity index (χ4n) is 6.64. The third-order valence-electron chi connectivity index (χ3n) is 8.34. The summed E-state index contributed by atoms with van der Waals surface area (Å²) < 4.78 is 0. The normalized spacial score (nSPS) is 43.9. The molecule has 1 amide bonds. The quantitative estimate of drug-likeness (QED) is 0.670. The molecule has 0 aromatic heterocycles. The van der Waals surface area contributed by atoms with E-state index < -0.39 is 0 Å². The number of carbonyl (C=O) groups is 1. The molecule has 0 spiro atoms. The third-order valence-corrected chi connectivity index (χ3v) is 8.34. The van der Waals surface area contributed by atoms with Crippen LogP contribution in [0.25, 0.3) is 0 Å². The number of nitrogens with zero attached hydrogens (tertiary/aromatic N) is 2. The number of hydrogen-bond acceptors (Lipinski definition) is 5. The summed E-state index contributed by atoms with van der Waals surface area (Å²) >= 11 is 0. The van der Waals surface area contributed by atoms with Crippen LogP contribution in [0, 0.1) is 17.8 Å². The summed E-state index contributed by atoms with van der Waals surface area (Å²) in [6, 6.07) is 2.10. The zero-order valence-electron chi connectivity index (χ0n) is 19.0. The lowest BCUT2D eigenvalue weighted by atomic mass is 9.71. The Kier molecular flexibility index (Phi) is 6.84. The smallest absolute Gasteiger partial charge is 0.227 e. The standard InChI is InChI=1S/C23H43N5O/c1-15-12-16(2)28-22(25-15)21(14-24-28)23(29)26-19-7-5-6-18(13-19)17-8-10-20(11-9-17)27(3)4/h15-22,24-25H,5-14H2,1-4H3,(H,26,29). The summed E-state index contributed by atoms with van der Waals surface area (Å²) in [5.41, 5.74) is 3.48. The van der Waals surface area contributed by atoms with E-state index in [4.69, 9.17) is 0 Å². The van der Waals surface area contributed by atoms with E-state index in [1.165, 1.54) is 44.9 Å². The summed E-state index contributed by atoms with van der Waals surface area (Å²) in [6.45, 7) is 5.25. The molecule has 2 saturated carbocycles. The molecule has 0 aromatic rings. The van der Waals surface area contributed by atoms with Crippen molar-refractivity contribution in [1.82, 2.24) is 26.0 Å². The molecule has 2 aliphatic heterocycles. The van der Waals surface area contributed by atoms with E-state index in [0.717, 1.165) is 37.3 Å². The highest BCUT2D eigenvalue weighted by Gasteiger charge is 2.44. The minimum absolute atomic E-state index is 0.0103. The highest BCUT2D eigenvalue weighted by Crippen LogP contribution is 2.39. The summed E-state index contributed by atoms with van der Waals surface area (Å²) in [6.07, 6.45) is 11.7. The molecular formula is C23H43N5O. The number of fused-ring (bicyclic) bond motifs is 1. The van der Waals surface area contributed by atoms with Gasteiger partial charge in [-0.15, -0.1) is 0 Å². The van der Waals surface area contributed by atoms with E-state index in [9.17, 15) is 4.79 Å². The Labute approximate surface area is 177 Å². The van der Waals surface area contributed by atoms with Crippen molar-refractivity contribution >= 4 is 5.91 Å². The molecule has 2 saturated heterocycles. The van der Waals surface area contributed by atoms with Crippen LogP contribution in [0.4, 0.5) is 0 Å². The molecule has 4 fully saturated rings. The van der Waals surface area contributed by atoms with Crippen LogP contribution >= 0.6 is 0 Å². The maximum absolute atomic E-state index is 13.2. The molecule has 6 atom stereocenters. The molecule has 29 heavy (non-hydrogen) atoms. The Morgan fingerprint density at radius 1 is 1.00 bits per heavy atom. The molecule has 4 aliphatic rings. The molecule has 0 bridgehead atoms. The number of hydrogen-bond donors (Lipinski definition) is 3. The molecule has 3 N–H and O–H groups in total. The van der Waals surface area contributed by atoms with Gasteiger partial charge in [0.05, 0.1) is 12.1 Å². The van der Waals surface area contributed by atoms with Gasteiger partial charge >= 0.3 is 0 Å². The number of rotatable bonds is 4. The van der Waals surface area contributed by atoms with E-state index in [2.05, 4.69) is 53.9 Å². The second-order valence-corrected chi connectivity index (χ2v) is 10.6. The van der Waals surface area contributed by atoms with Gasteiger partial charge in [-0.2, -0.15) is 0 Å². The lowest BCUT2D eigenvalue weighted by Crippen LogP contribution is -2.61. The van der Waals surface area contributed by atoms with Crippen molar-refractivity contribution in [2.45, 2.75) is 102 Å². The molecular weight excluding hydrogens is 362 g/mol. The first-order chi connectivity index (χ1) is 13.9. The lowest BCUT2D eigenvalue weighted by molar-refractivity contribution is -0.127. The second kappa shape index (κ2) is 9.21. The Bertz CT molecular complexity index is 561. The second-order valence-electron chi connectivity index (χ2n) is 10.6. The van der Waals surface area contributed by atoms with Crippen molar-refractivity contribution in [3.63, 3.8) is 0 Å². The van der Waals surface area contributed by atoms with Crippen LogP contribution in [0.15, 0.2) is 0 Å². The lowest BCUT2D eigenvalue weighted by Gasteiger charge is -2.41. The maximum atomic E-state index is 13.2. The van der Waals surface area contributed by atoms with Gasteiger partial charge in [-0.3, -0.25) is 15.5 Å². The molecule has 6 unspecified atom stereocenters. The first kappa shape index (κ1) is 21.5. The van der Waals surface area contributed by atoms with Gasteiger partial charge in [-0.25, -0.2) is 5.01 Å². The minimum atomic E-state index is 0.0103. The molecule has 6 heteroatoms. The Morgan fingerprint density at radius 3 is 2.48 bits per heavy atom. The van der Waals surface area contributed by atoms with Gasteiger partial charge in [0, 0.05) is 30.7 Å². The van der Waals surface area contributed by atoms with E-state index >= 15 is 0 Å². The van der Waals surface area contributed by atoms with Crippen LogP contribution in [0.5, 0.6) is 0 Å². The Morgan fingerprint density at radius 2 is 1.76 bits per heavy atom. The van der Waals surface area contributed by atoms with Crippen molar-refractivity contribution in [2.24, 2.45) is 17.8 Å². The Balaban J connectivity index is 1.29. The molecule has 4 rings (SSSR count). The maximum Gasteiger partial charge on any atom is 0.227 e. The first-order valence-corrected chi connectivity index (χ1v) is 12.2. The van der Waals surface area contributed by atoms with E-state index in [1.54, 1.807) is 0 Å². The largest absolute Gasteiger partial charge is 0.353 e. The van der Waals surface area contributed by atoms with Gasteiger partial charge in [-0.1, -0.05) is 12.8 Å². The van der Waals surface area contributed by atoms with Crippen LogP contribution in [0.1, 0.15) is 71.6 Å². The van der Waals surface area contributed by atoms with Gasteiger partial charge in [0.1, 0.15) is 0 Å². The molecule has 0 radical (unpaired) electrons. The van der Waals surface area contributed by atoms with Gasteiger partial charge in [0.2, 0.25) is 5.91 Å². The van der Waals surface area contributed by atoms with E-state index in [1.807, 2.05) is 0 Å². The molecule has 2 aliphatic carbocycles. The molecule has 166 valence electrons. The van der Waals surface area contributed by atoms with Gasteiger partial charge in [-0.05, 0) is 84.7 Å². The monoisotopic (exact) mass is 405 g/mol. The van der Waals surface area contributed by atoms with E-state index in [0.29, 0.717) is 18.1 Å². The number of hydrazine groups is 1. The average Bonchev–Trinajstić information content (AvgIpc) is 3.12. The van der Waals surface area contributed by atoms with Crippen LogP contribution < -0.4 is 16.1 Å². The predicted octanol–water partition coefficient (Wildman–Crippen LogP) is 2.31. The highest BCUT2D eigenvalue weighted by atomic mass is 16.2. The van der Waals surface area contributed by atoms with Crippen molar-refractivity contribution in [1.29, 1.82) is 0 Å². The van der Waals surface area contributed by atoms with Crippen molar-refractivity contribution in [3.8, 4) is 0 Å². The summed E-state index contributed by atoms with van der Waals surface area (Å²) in [5.74, 6) is 1.94. The number of amides is 1. The fourth-order valence-corrected chi connectivity index (χ4v) is 6.64. The molecule has 0 aromatic carbocycles. The first-order valence-electron chi connectivity index (χ1n) is 12.2. The zero-order valence-corrected chi connectivity index (χ0v) is 19.0. The summed E-state index contributed by atoms with van der Waals surface area (Å²) in [5, 5.41) is 9.39. The Hall–Kier alpha value is -0.690. The summed E-state index contributed by atoms with van der Waals surface area (Å²) in [4.78, 5) is 15.6. The van der Waals surface area contributed by atoms with Crippen LogP contribution in [-0.2, 0) is 4.79 Å². The highest BCUT2D eigenvalue weighted by molar-refractivity contribution is 5.80. The topological polar surface area (TPSA) is 59.6 Å². The van der Waals surface area contributed by atoms with Gasteiger partial charge in [0.15, 0.2) is 0 Å². The predicted molar refractivity (Wildman–Crippen MR) is 117 cm³/mol. The van der Waals surface area contributed by atoms with Crippen LogP contribution in [0.2, 0.25) is 0 Å². The SMILES string of the molecule is CC1CC(C)N2NCC(C(=O)NC3CCCC(C4CCC(N(C)C)CC4)C3)C2N1. The molecule has 6 nitrogen and oxygen atoms in total. The third kappa shape index (κ3) is 4.81. The number of nitrogens with one attached hydrogen (secondary N) is 3. The number of carbonyl (C=O) groups excluding carboxylic acids is 1. The average molecular weight is 406 g/mol. The fraction of sp³-hybridized carbons (Fsp3) is 0.957. The van der Waals surface area contributed by atoms with Gasteiger partial charge < -0.3 is 10.2 Å². The van der Waals surface area contributed by atoms with Crippen LogP contribution in [-0.4, -0.2) is 66.8 Å². The molecule has 2 heterocycles. The van der Waals surface area contributed by atoms with Crippen molar-refractivity contribution < 1.29 is 4.79 Å². The van der Waals surface area contributed by atoms with Crippen molar-refractivity contribution in [2.75, 3.05) is 20.6 Å². The zero-order chi connectivity index (χ0) is 20.5. The van der Waals surface area contributed by atoms with Gasteiger partial charge in [0.25, 0.3) is 0 Å². The van der Waals surface area contributed by atoms with Crippen LogP contribution in [0.3, 0.4) is 0 Å². The minimum Gasteiger partial charge on any atom is -0.353 e. The van der Waals surface area contributed by atoms with Crippen molar-refractivity contribution in [3.05, 3.63) is 0 Å².